The summed E-state index contributed by atoms with van der Waals surface area (Å²) in [5.41, 5.74) is 6.79. The Hall–Kier alpha value is -1.13. The Bertz CT molecular complexity index is 395. The highest BCUT2D eigenvalue weighted by atomic mass is 16.3. The molecule has 4 nitrogen and oxygen atoms in total. The molecule has 17 heavy (non-hydrogen) atoms. The van der Waals surface area contributed by atoms with E-state index in [2.05, 4.69) is 16.0 Å². The van der Waals surface area contributed by atoms with Crippen LogP contribution in [0, 0.1) is 0 Å². The summed E-state index contributed by atoms with van der Waals surface area (Å²) in [4.78, 5) is 6.86. The molecule has 1 aromatic rings. The summed E-state index contributed by atoms with van der Waals surface area (Å²) in [6, 6.07) is 4.97. The second-order valence-corrected chi connectivity index (χ2v) is 5.14. The standard InChI is InChI=1S/C13H19N3O/c14-8-9-3-4-15-13(5-9)16-10-1-2-11(16)7-12(17)6-10/h3-5,10-12,17H,1-2,6-8,14H2. The molecule has 2 saturated heterocycles. The molecule has 2 bridgehead atoms. The lowest BCUT2D eigenvalue weighted by molar-refractivity contribution is 0.126. The Balaban J connectivity index is 1.89. The van der Waals surface area contributed by atoms with Crippen LogP contribution >= 0.6 is 0 Å². The predicted molar refractivity (Wildman–Crippen MR) is 66.7 cm³/mol. The smallest absolute Gasteiger partial charge is 0.129 e. The number of pyridine rings is 1. The summed E-state index contributed by atoms with van der Waals surface area (Å²) in [6.07, 6.45) is 5.83. The van der Waals surface area contributed by atoms with E-state index in [1.807, 2.05) is 12.3 Å². The Morgan fingerprint density at radius 1 is 1.35 bits per heavy atom. The summed E-state index contributed by atoms with van der Waals surface area (Å²) in [5.74, 6) is 1.03. The normalized spacial score (nSPS) is 31.9. The van der Waals surface area contributed by atoms with Crippen LogP contribution in [0.5, 0.6) is 0 Å². The fraction of sp³-hybridized carbons (Fsp3) is 0.615. The van der Waals surface area contributed by atoms with Gasteiger partial charge in [0.15, 0.2) is 0 Å². The van der Waals surface area contributed by atoms with Gasteiger partial charge in [-0.15, -0.1) is 0 Å². The molecule has 3 heterocycles. The van der Waals surface area contributed by atoms with E-state index in [0.717, 1.165) is 24.2 Å². The number of hydrogen-bond acceptors (Lipinski definition) is 4. The number of aromatic nitrogens is 1. The second kappa shape index (κ2) is 4.27. The summed E-state index contributed by atoms with van der Waals surface area (Å²) < 4.78 is 0. The number of hydrogen-bond donors (Lipinski definition) is 2. The van der Waals surface area contributed by atoms with E-state index in [0.29, 0.717) is 18.6 Å². The molecule has 0 radical (unpaired) electrons. The Morgan fingerprint density at radius 3 is 2.71 bits per heavy atom. The highest BCUT2D eigenvalue weighted by Crippen LogP contribution is 2.38. The molecule has 3 rings (SSSR count). The molecule has 0 spiro atoms. The van der Waals surface area contributed by atoms with Gasteiger partial charge >= 0.3 is 0 Å². The second-order valence-electron chi connectivity index (χ2n) is 5.14. The molecule has 2 fully saturated rings. The zero-order chi connectivity index (χ0) is 11.8. The molecule has 0 aliphatic carbocycles. The molecule has 0 saturated carbocycles. The predicted octanol–water partition coefficient (Wildman–Crippen LogP) is 1.03. The minimum absolute atomic E-state index is 0.124. The summed E-state index contributed by atoms with van der Waals surface area (Å²) in [5, 5.41) is 9.79. The van der Waals surface area contributed by atoms with Gasteiger partial charge in [-0.05, 0) is 43.4 Å². The lowest BCUT2D eigenvalue weighted by atomic mass is 10.00. The molecule has 4 heteroatoms. The molecule has 2 atom stereocenters. The van der Waals surface area contributed by atoms with Crippen molar-refractivity contribution >= 4 is 5.82 Å². The highest BCUT2D eigenvalue weighted by molar-refractivity contribution is 5.45. The van der Waals surface area contributed by atoms with E-state index in [1.54, 1.807) is 0 Å². The van der Waals surface area contributed by atoms with Gasteiger partial charge in [-0.1, -0.05) is 0 Å². The quantitative estimate of drug-likeness (QED) is 0.801. The van der Waals surface area contributed by atoms with Crippen LogP contribution in [0.3, 0.4) is 0 Å². The number of rotatable bonds is 2. The lowest BCUT2D eigenvalue weighted by Crippen LogP contribution is -2.45. The molecule has 3 N–H and O–H groups in total. The van der Waals surface area contributed by atoms with Crippen LogP contribution in [0.15, 0.2) is 18.3 Å². The first kappa shape index (κ1) is 11.0. The largest absolute Gasteiger partial charge is 0.393 e. The molecule has 1 aromatic heterocycles. The van der Waals surface area contributed by atoms with Crippen molar-refractivity contribution in [1.29, 1.82) is 0 Å². The van der Waals surface area contributed by atoms with Crippen molar-refractivity contribution in [2.75, 3.05) is 4.90 Å². The SMILES string of the molecule is NCc1ccnc(N2C3CCC2CC(O)C3)c1. The minimum atomic E-state index is -0.124. The Kier molecular flexibility index (Phi) is 2.76. The molecule has 92 valence electrons. The van der Waals surface area contributed by atoms with Gasteiger partial charge in [0.2, 0.25) is 0 Å². The van der Waals surface area contributed by atoms with Crippen molar-refractivity contribution in [2.45, 2.75) is 50.4 Å². The fourth-order valence-electron chi connectivity index (χ4n) is 3.25. The maximum absolute atomic E-state index is 9.79. The third-order valence-electron chi connectivity index (χ3n) is 4.02. The molecule has 2 unspecified atom stereocenters. The van der Waals surface area contributed by atoms with Crippen LogP contribution < -0.4 is 10.6 Å². The van der Waals surface area contributed by atoms with Gasteiger partial charge in [0.05, 0.1) is 6.10 Å². The monoisotopic (exact) mass is 233 g/mol. The number of anilines is 1. The van der Waals surface area contributed by atoms with Gasteiger partial charge in [-0.2, -0.15) is 0 Å². The molecule has 2 aliphatic rings. The first-order valence-corrected chi connectivity index (χ1v) is 6.39. The van der Waals surface area contributed by atoms with Crippen molar-refractivity contribution in [3.05, 3.63) is 23.9 Å². The number of aliphatic hydroxyl groups excluding tert-OH is 1. The first-order valence-electron chi connectivity index (χ1n) is 6.39. The topological polar surface area (TPSA) is 62.4 Å². The Labute approximate surface area is 101 Å². The van der Waals surface area contributed by atoms with E-state index < -0.39 is 0 Å². The number of nitrogens with zero attached hydrogens (tertiary/aromatic N) is 2. The van der Waals surface area contributed by atoms with Gasteiger partial charge in [0.1, 0.15) is 5.82 Å². The van der Waals surface area contributed by atoms with E-state index in [-0.39, 0.29) is 6.10 Å². The van der Waals surface area contributed by atoms with Gasteiger partial charge in [0, 0.05) is 24.8 Å². The average Bonchev–Trinajstić information content (AvgIpc) is 2.62. The zero-order valence-corrected chi connectivity index (χ0v) is 9.92. The van der Waals surface area contributed by atoms with E-state index in [9.17, 15) is 5.11 Å². The highest BCUT2D eigenvalue weighted by Gasteiger charge is 2.40. The molecular formula is C13H19N3O. The fourth-order valence-corrected chi connectivity index (χ4v) is 3.25. The first-order chi connectivity index (χ1) is 8.28. The molecule has 0 amide bonds. The van der Waals surface area contributed by atoms with Crippen LogP contribution in [0.2, 0.25) is 0 Å². The van der Waals surface area contributed by atoms with Crippen molar-refractivity contribution in [2.24, 2.45) is 5.73 Å². The van der Waals surface area contributed by atoms with E-state index in [1.165, 1.54) is 12.8 Å². The number of piperidine rings is 1. The number of aliphatic hydroxyl groups is 1. The van der Waals surface area contributed by atoms with Gasteiger partial charge in [0.25, 0.3) is 0 Å². The summed E-state index contributed by atoms with van der Waals surface area (Å²) in [7, 11) is 0. The van der Waals surface area contributed by atoms with Crippen LogP contribution in [-0.4, -0.2) is 28.3 Å². The maximum Gasteiger partial charge on any atom is 0.129 e. The molecule has 0 aromatic carbocycles. The van der Waals surface area contributed by atoms with Crippen molar-refractivity contribution in [3.8, 4) is 0 Å². The van der Waals surface area contributed by atoms with E-state index >= 15 is 0 Å². The number of fused-ring (bicyclic) bond motifs is 2. The third-order valence-corrected chi connectivity index (χ3v) is 4.02. The van der Waals surface area contributed by atoms with Crippen LogP contribution in [0.25, 0.3) is 0 Å². The molecular weight excluding hydrogens is 214 g/mol. The van der Waals surface area contributed by atoms with Gasteiger partial charge in [-0.3, -0.25) is 0 Å². The lowest BCUT2D eigenvalue weighted by Gasteiger charge is -2.38. The molecule has 2 aliphatic heterocycles. The summed E-state index contributed by atoms with van der Waals surface area (Å²) >= 11 is 0. The maximum atomic E-state index is 9.79. The van der Waals surface area contributed by atoms with Gasteiger partial charge in [-0.25, -0.2) is 4.98 Å². The summed E-state index contributed by atoms with van der Waals surface area (Å²) in [6.45, 7) is 0.557. The zero-order valence-electron chi connectivity index (χ0n) is 9.92. The Morgan fingerprint density at radius 2 is 2.06 bits per heavy atom. The van der Waals surface area contributed by atoms with E-state index in [4.69, 9.17) is 5.73 Å². The van der Waals surface area contributed by atoms with Gasteiger partial charge < -0.3 is 15.7 Å². The van der Waals surface area contributed by atoms with Crippen molar-refractivity contribution in [3.63, 3.8) is 0 Å². The number of nitrogens with two attached hydrogens (primary N) is 1. The third kappa shape index (κ3) is 1.91. The van der Waals surface area contributed by atoms with Crippen molar-refractivity contribution in [1.82, 2.24) is 4.98 Å². The van der Waals surface area contributed by atoms with Crippen LogP contribution in [0.4, 0.5) is 5.82 Å². The minimum Gasteiger partial charge on any atom is -0.393 e. The van der Waals surface area contributed by atoms with Crippen LogP contribution in [-0.2, 0) is 6.54 Å². The van der Waals surface area contributed by atoms with Crippen molar-refractivity contribution < 1.29 is 5.11 Å². The van der Waals surface area contributed by atoms with Crippen LogP contribution in [0.1, 0.15) is 31.2 Å². The average molecular weight is 233 g/mol.